The lowest BCUT2D eigenvalue weighted by Gasteiger charge is -2.14. The molecule has 0 radical (unpaired) electrons. The van der Waals surface area contributed by atoms with Crippen LogP contribution in [0.3, 0.4) is 0 Å². The van der Waals surface area contributed by atoms with Gasteiger partial charge >= 0.3 is 0 Å². The maximum Gasteiger partial charge on any atom is 0.235 e. The molecule has 0 aliphatic heterocycles. The molecule has 0 fully saturated rings. The summed E-state index contributed by atoms with van der Waals surface area (Å²) >= 11 is 7.98. The summed E-state index contributed by atoms with van der Waals surface area (Å²) in [5.74, 6) is -0.283. The number of aromatic nitrogens is 2. The monoisotopic (exact) mass is 343 g/mol. The molecular formula is C13H14FN3OS3. The third-order valence-electron chi connectivity index (χ3n) is 2.67. The predicted octanol–water partition coefficient (Wildman–Crippen LogP) is 3.37. The van der Waals surface area contributed by atoms with Gasteiger partial charge in [0.25, 0.3) is 0 Å². The van der Waals surface area contributed by atoms with Crippen molar-refractivity contribution in [1.29, 1.82) is 0 Å². The standard InChI is InChI=1S/C13H14FN3OS3/c1-8(11(18)16(2)3)20-12-15-17(13(19)21-12)10-6-4-9(14)5-7-10/h4-8H,1-3H3/t8-/m1/s1. The van der Waals surface area contributed by atoms with Gasteiger partial charge in [-0.15, -0.1) is 5.10 Å². The van der Waals surface area contributed by atoms with Crippen LogP contribution in [0.2, 0.25) is 0 Å². The minimum Gasteiger partial charge on any atom is -0.348 e. The van der Waals surface area contributed by atoms with Crippen LogP contribution in [0.15, 0.2) is 28.6 Å². The molecule has 0 unspecified atom stereocenters. The quantitative estimate of drug-likeness (QED) is 0.630. The van der Waals surface area contributed by atoms with Gasteiger partial charge in [-0.2, -0.15) is 0 Å². The van der Waals surface area contributed by atoms with Gasteiger partial charge in [0.05, 0.1) is 10.9 Å². The van der Waals surface area contributed by atoms with Crippen molar-refractivity contribution in [2.24, 2.45) is 0 Å². The molecule has 1 aromatic carbocycles. The summed E-state index contributed by atoms with van der Waals surface area (Å²) in [7, 11) is 3.44. The molecular weight excluding hydrogens is 329 g/mol. The second-order valence-corrected chi connectivity index (χ2v) is 7.73. The van der Waals surface area contributed by atoms with E-state index in [0.29, 0.717) is 14.0 Å². The van der Waals surface area contributed by atoms with Crippen LogP contribution in [0.4, 0.5) is 4.39 Å². The third kappa shape index (κ3) is 3.90. The number of amides is 1. The van der Waals surface area contributed by atoms with Gasteiger partial charge in [0.15, 0.2) is 8.29 Å². The largest absolute Gasteiger partial charge is 0.348 e. The zero-order valence-corrected chi connectivity index (χ0v) is 14.2. The number of hydrogen-bond donors (Lipinski definition) is 0. The van der Waals surface area contributed by atoms with Crippen molar-refractivity contribution in [2.45, 2.75) is 16.5 Å². The summed E-state index contributed by atoms with van der Waals surface area (Å²) in [5.41, 5.74) is 0.705. The van der Waals surface area contributed by atoms with Gasteiger partial charge in [-0.25, -0.2) is 9.07 Å². The molecule has 8 heteroatoms. The Morgan fingerprint density at radius 2 is 2.05 bits per heavy atom. The number of halogens is 1. The van der Waals surface area contributed by atoms with Gasteiger partial charge in [-0.1, -0.05) is 23.1 Å². The van der Waals surface area contributed by atoms with Crippen molar-refractivity contribution in [2.75, 3.05) is 14.1 Å². The van der Waals surface area contributed by atoms with Gasteiger partial charge in [0.1, 0.15) is 5.82 Å². The predicted molar refractivity (Wildman–Crippen MR) is 86.2 cm³/mol. The minimum atomic E-state index is -0.305. The van der Waals surface area contributed by atoms with E-state index in [1.165, 1.54) is 35.2 Å². The van der Waals surface area contributed by atoms with Crippen LogP contribution in [0.5, 0.6) is 0 Å². The summed E-state index contributed by atoms with van der Waals surface area (Å²) in [5, 5.41) is 4.16. The van der Waals surface area contributed by atoms with E-state index < -0.39 is 0 Å². The van der Waals surface area contributed by atoms with Gasteiger partial charge in [0.2, 0.25) is 5.91 Å². The zero-order valence-electron chi connectivity index (χ0n) is 11.7. The fourth-order valence-electron chi connectivity index (χ4n) is 1.62. The van der Waals surface area contributed by atoms with Crippen molar-refractivity contribution in [3.05, 3.63) is 34.0 Å². The lowest BCUT2D eigenvalue weighted by molar-refractivity contribution is -0.127. The molecule has 1 amide bonds. The van der Waals surface area contributed by atoms with Crippen LogP contribution in [0.1, 0.15) is 6.92 Å². The maximum absolute atomic E-state index is 12.9. The van der Waals surface area contributed by atoms with Gasteiger partial charge in [0, 0.05) is 14.1 Å². The fourth-order valence-corrected chi connectivity index (χ4v) is 4.27. The molecule has 0 spiro atoms. The van der Waals surface area contributed by atoms with Crippen molar-refractivity contribution < 1.29 is 9.18 Å². The molecule has 112 valence electrons. The summed E-state index contributed by atoms with van der Waals surface area (Å²) in [6.07, 6.45) is 0. The molecule has 0 saturated heterocycles. The Bertz CT molecular complexity index is 693. The average Bonchev–Trinajstić information content (AvgIpc) is 2.79. The lowest BCUT2D eigenvalue weighted by atomic mass is 10.3. The molecule has 0 saturated carbocycles. The number of carbonyl (C=O) groups excluding carboxylic acids is 1. The highest BCUT2D eigenvalue weighted by atomic mass is 32.2. The van der Waals surface area contributed by atoms with Crippen LogP contribution in [0.25, 0.3) is 5.69 Å². The number of nitrogens with zero attached hydrogens (tertiary/aromatic N) is 3. The van der Waals surface area contributed by atoms with Crippen molar-refractivity contribution >= 4 is 41.2 Å². The Morgan fingerprint density at radius 1 is 1.43 bits per heavy atom. The van der Waals surface area contributed by atoms with E-state index in [9.17, 15) is 9.18 Å². The highest BCUT2D eigenvalue weighted by Crippen LogP contribution is 2.28. The highest BCUT2D eigenvalue weighted by molar-refractivity contribution is 8.02. The molecule has 0 N–H and O–H groups in total. The van der Waals surface area contributed by atoms with Crippen LogP contribution >= 0.6 is 35.3 Å². The number of thioether (sulfide) groups is 1. The molecule has 4 nitrogen and oxygen atoms in total. The first-order valence-electron chi connectivity index (χ1n) is 6.12. The maximum atomic E-state index is 12.9. The van der Waals surface area contributed by atoms with Crippen LogP contribution in [-0.2, 0) is 4.79 Å². The number of hydrogen-bond acceptors (Lipinski definition) is 5. The van der Waals surface area contributed by atoms with Gasteiger partial charge in [-0.05, 0) is 43.4 Å². The first kappa shape index (κ1) is 16.1. The lowest BCUT2D eigenvalue weighted by Crippen LogP contribution is -2.29. The van der Waals surface area contributed by atoms with E-state index in [0.717, 1.165) is 0 Å². The fraction of sp³-hybridized carbons (Fsp3) is 0.308. The highest BCUT2D eigenvalue weighted by Gasteiger charge is 2.18. The van der Waals surface area contributed by atoms with Crippen LogP contribution in [-0.4, -0.2) is 39.9 Å². The Balaban J connectivity index is 2.22. The summed E-state index contributed by atoms with van der Waals surface area (Å²) < 4.78 is 15.8. The topological polar surface area (TPSA) is 38.1 Å². The average molecular weight is 343 g/mol. The summed E-state index contributed by atoms with van der Waals surface area (Å²) in [4.78, 5) is 13.4. The summed E-state index contributed by atoms with van der Waals surface area (Å²) in [6.45, 7) is 1.83. The molecule has 1 atom stereocenters. The third-order valence-corrected chi connectivity index (χ3v) is 5.07. The number of carbonyl (C=O) groups is 1. The van der Waals surface area contributed by atoms with E-state index in [-0.39, 0.29) is 17.0 Å². The Kier molecular flexibility index (Phi) is 5.13. The molecule has 2 rings (SSSR count). The van der Waals surface area contributed by atoms with Crippen molar-refractivity contribution in [3.63, 3.8) is 0 Å². The molecule has 0 bridgehead atoms. The van der Waals surface area contributed by atoms with E-state index in [1.807, 2.05) is 6.92 Å². The van der Waals surface area contributed by atoms with Crippen molar-refractivity contribution in [3.8, 4) is 5.69 Å². The zero-order chi connectivity index (χ0) is 15.6. The summed E-state index contributed by atoms with van der Waals surface area (Å²) in [6, 6.07) is 5.96. The molecule has 1 heterocycles. The van der Waals surface area contributed by atoms with E-state index in [4.69, 9.17) is 12.2 Å². The van der Waals surface area contributed by atoms with Gasteiger partial charge in [-0.3, -0.25) is 4.79 Å². The second kappa shape index (κ2) is 6.67. The van der Waals surface area contributed by atoms with Gasteiger partial charge < -0.3 is 4.90 Å². The minimum absolute atomic E-state index is 0.0226. The SMILES string of the molecule is C[C@@H](Sc1nn(-c2ccc(F)cc2)c(=S)s1)C(=O)N(C)C. The second-order valence-electron chi connectivity index (χ2n) is 4.51. The Morgan fingerprint density at radius 3 is 2.62 bits per heavy atom. The molecule has 0 aliphatic carbocycles. The molecule has 1 aromatic heterocycles. The first-order chi connectivity index (χ1) is 9.88. The van der Waals surface area contributed by atoms with Crippen LogP contribution in [0, 0.1) is 9.77 Å². The molecule has 21 heavy (non-hydrogen) atoms. The first-order valence-corrected chi connectivity index (χ1v) is 8.23. The smallest absolute Gasteiger partial charge is 0.235 e. The van der Waals surface area contributed by atoms with E-state index >= 15 is 0 Å². The number of benzene rings is 1. The Hall–Kier alpha value is -1.25. The molecule has 0 aliphatic rings. The Labute approximate surface area is 135 Å². The van der Waals surface area contributed by atoms with Crippen molar-refractivity contribution in [1.82, 2.24) is 14.7 Å². The normalized spacial score (nSPS) is 12.2. The van der Waals surface area contributed by atoms with Crippen LogP contribution < -0.4 is 0 Å². The van der Waals surface area contributed by atoms with E-state index in [2.05, 4.69) is 5.10 Å². The molecule has 2 aromatic rings. The van der Waals surface area contributed by atoms with E-state index in [1.54, 1.807) is 35.8 Å². The number of rotatable bonds is 4.